The van der Waals surface area contributed by atoms with Crippen LogP contribution in [0.1, 0.15) is 48.5 Å². The molecule has 1 atom stereocenters. The highest BCUT2D eigenvalue weighted by Gasteiger charge is 2.70. The van der Waals surface area contributed by atoms with Gasteiger partial charge in [0.15, 0.2) is 0 Å². The smallest absolute Gasteiger partial charge is 0.248 e. The fraction of sp³-hybridized carbons (Fsp3) is 0.857. The van der Waals surface area contributed by atoms with Crippen molar-refractivity contribution >= 4 is 11.8 Å². The third kappa shape index (κ3) is 1.44. The second-order valence-electron chi connectivity index (χ2n) is 7.35. The molecule has 1 saturated heterocycles. The lowest BCUT2D eigenvalue weighted by atomic mass is 9.96. The third-order valence-electron chi connectivity index (χ3n) is 5.22. The molecular weight excluding hydrogens is 228 g/mol. The first-order valence-corrected chi connectivity index (χ1v) is 6.59. The highest BCUT2D eigenvalue weighted by atomic mass is 16.2. The molecule has 0 aromatic rings. The first kappa shape index (κ1) is 13.4. The molecule has 0 bridgehead atoms. The molecule has 0 aromatic carbocycles. The maximum absolute atomic E-state index is 12.6. The molecule has 102 valence electrons. The van der Waals surface area contributed by atoms with Crippen molar-refractivity contribution in [2.45, 2.75) is 66.1 Å². The SMILES string of the molecule is CC1C(=O)NC(C)(C)C(=O)N1C1C(C)(C)C1(C)C. The van der Waals surface area contributed by atoms with Gasteiger partial charge in [-0.2, -0.15) is 0 Å². The minimum atomic E-state index is -0.793. The van der Waals surface area contributed by atoms with Crippen molar-refractivity contribution in [3.8, 4) is 0 Å². The van der Waals surface area contributed by atoms with Crippen molar-refractivity contribution in [2.75, 3.05) is 0 Å². The van der Waals surface area contributed by atoms with Crippen LogP contribution < -0.4 is 5.32 Å². The van der Waals surface area contributed by atoms with E-state index in [0.29, 0.717) is 0 Å². The van der Waals surface area contributed by atoms with Gasteiger partial charge < -0.3 is 10.2 Å². The largest absolute Gasteiger partial charge is 0.340 e. The van der Waals surface area contributed by atoms with E-state index in [1.165, 1.54) is 0 Å². The molecule has 2 fully saturated rings. The van der Waals surface area contributed by atoms with Crippen LogP contribution in [-0.4, -0.2) is 34.3 Å². The summed E-state index contributed by atoms with van der Waals surface area (Å²) in [4.78, 5) is 26.4. The maximum atomic E-state index is 12.6. The van der Waals surface area contributed by atoms with Crippen LogP contribution >= 0.6 is 0 Å². The number of carbonyl (C=O) groups is 2. The zero-order valence-corrected chi connectivity index (χ0v) is 12.4. The van der Waals surface area contributed by atoms with Gasteiger partial charge in [-0.25, -0.2) is 0 Å². The van der Waals surface area contributed by atoms with Crippen LogP contribution in [0.5, 0.6) is 0 Å². The Morgan fingerprint density at radius 2 is 1.44 bits per heavy atom. The van der Waals surface area contributed by atoms with Gasteiger partial charge in [-0.05, 0) is 31.6 Å². The summed E-state index contributed by atoms with van der Waals surface area (Å²) in [5.74, 6) is -0.0312. The number of amides is 2. The summed E-state index contributed by atoms with van der Waals surface area (Å²) in [7, 11) is 0. The highest BCUT2D eigenvalue weighted by molar-refractivity contribution is 5.99. The van der Waals surface area contributed by atoms with Crippen LogP contribution in [0.15, 0.2) is 0 Å². The van der Waals surface area contributed by atoms with Crippen molar-refractivity contribution in [1.82, 2.24) is 10.2 Å². The molecule has 4 nitrogen and oxygen atoms in total. The molecule has 0 aromatic heterocycles. The van der Waals surface area contributed by atoms with Crippen molar-refractivity contribution in [3.63, 3.8) is 0 Å². The zero-order valence-electron chi connectivity index (χ0n) is 12.4. The minimum Gasteiger partial charge on any atom is -0.340 e. The lowest BCUT2D eigenvalue weighted by molar-refractivity contribution is -0.154. The summed E-state index contributed by atoms with van der Waals surface area (Å²) < 4.78 is 0. The Hall–Kier alpha value is -1.06. The van der Waals surface area contributed by atoms with E-state index in [9.17, 15) is 9.59 Å². The van der Waals surface area contributed by atoms with E-state index >= 15 is 0 Å². The van der Waals surface area contributed by atoms with E-state index in [2.05, 4.69) is 33.0 Å². The predicted octanol–water partition coefficient (Wildman–Crippen LogP) is 1.55. The molecule has 4 heteroatoms. The molecule has 1 unspecified atom stereocenters. The molecule has 2 rings (SSSR count). The van der Waals surface area contributed by atoms with Gasteiger partial charge >= 0.3 is 0 Å². The first-order chi connectivity index (χ1) is 7.94. The van der Waals surface area contributed by atoms with E-state index in [1.54, 1.807) is 18.7 Å². The molecule has 1 aliphatic heterocycles. The molecule has 1 heterocycles. The van der Waals surface area contributed by atoms with Gasteiger partial charge in [0.05, 0.1) is 0 Å². The van der Waals surface area contributed by atoms with E-state index < -0.39 is 5.54 Å². The normalized spacial score (nSPS) is 33.3. The van der Waals surface area contributed by atoms with Crippen LogP contribution in [0.3, 0.4) is 0 Å². The lowest BCUT2D eigenvalue weighted by Crippen LogP contribution is -2.68. The second-order valence-corrected chi connectivity index (χ2v) is 7.35. The first-order valence-electron chi connectivity index (χ1n) is 6.59. The van der Waals surface area contributed by atoms with E-state index in [4.69, 9.17) is 0 Å². The van der Waals surface area contributed by atoms with Gasteiger partial charge in [0.1, 0.15) is 11.6 Å². The average Bonchev–Trinajstić information content (AvgIpc) is 2.58. The van der Waals surface area contributed by atoms with E-state index in [-0.39, 0.29) is 34.7 Å². The molecule has 0 radical (unpaired) electrons. The number of piperazine rings is 1. The Kier molecular flexibility index (Phi) is 2.44. The summed E-state index contributed by atoms with van der Waals surface area (Å²) in [6, 6.07) is -0.241. The number of rotatable bonds is 1. The predicted molar refractivity (Wildman–Crippen MR) is 69.9 cm³/mol. The molecule has 2 amide bonds. The number of hydrogen-bond donors (Lipinski definition) is 1. The molecule has 18 heavy (non-hydrogen) atoms. The maximum Gasteiger partial charge on any atom is 0.248 e. The lowest BCUT2D eigenvalue weighted by Gasteiger charge is -2.42. The Balaban J connectivity index is 2.38. The standard InChI is InChI=1S/C14H24N2O2/c1-8-9(17)15-14(6,7)11(18)16(8)10-12(2,3)13(10,4)5/h8,10H,1-7H3,(H,15,17). The molecule has 1 aliphatic carbocycles. The van der Waals surface area contributed by atoms with Crippen molar-refractivity contribution in [1.29, 1.82) is 0 Å². The van der Waals surface area contributed by atoms with Crippen LogP contribution in [0.4, 0.5) is 0 Å². The van der Waals surface area contributed by atoms with Gasteiger partial charge in [0, 0.05) is 6.04 Å². The summed E-state index contributed by atoms with van der Waals surface area (Å²) >= 11 is 0. The zero-order chi connectivity index (χ0) is 14.1. The van der Waals surface area contributed by atoms with Gasteiger partial charge in [-0.1, -0.05) is 27.7 Å². The van der Waals surface area contributed by atoms with E-state index in [1.807, 2.05) is 6.92 Å². The molecule has 0 spiro atoms. The summed E-state index contributed by atoms with van der Waals surface area (Å²) in [6.07, 6.45) is 0. The average molecular weight is 252 g/mol. The second kappa shape index (κ2) is 3.28. The Bertz CT molecular complexity index is 410. The Labute approximate surface area is 109 Å². The van der Waals surface area contributed by atoms with Crippen molar-refractivity contribution in [3.05, 3.63) is 0 Å². The summed E-state index contributed by atoms with van der Waals surface area (Å²) in [5, 5.41) is 2.79. The summed E-state index contributed by atoms with van der Waals surface area (Å²) in [6.45, 7) is 14.0. The van der Waals surface area contributed by atoms with Gasteiger partial charge in [0.25, 0.3) is 0 Å². The number of nitrogens with one attached hydrogen (secondary N) is 1. The molecular formula is C14H24N2O2. The number of hydrogen-bond acceptors (Lipinski definition) is 2. The van der Waals surface area contributed by atoms with Crippen LogP contribution in [0.25, 0.3) is 0 Å². The Morgan fingerprint density at radius 3 is 1.83 bits per heavy atom. The molecule has 2 aliphatic rings. The van der Waals surface area contributed by atoms with Crippen molar-refractivity contribution < 1.29 is 9.59 Å². The van der Waals surface area contributed by atoms with Gasteiger partial charge in [-0.3, -0.25) is 9.59 Å². The molecule has 1 saturated carbocycles. The van der Waals surface area contributed by atoms with E-state index in [0.717, 1.165) is 0 Å². The quantitative estimate of drug-likeness (QED) is 0.769. The summed E-state index contributed by atoms with van der Waals surface area (Å²) in [5.41, 5.74) is -0.673. The third-order valence-corrected chi connectivity index (χ3v) is 5.22. The van der Waals surface area contributed by atoms with Gasteiger partial charge in [-0.15, -0.1) is 0 Å². The van der Waals surface area contributed by atoms with Crippen LogP contribution in [0, 0.1) is 10.8 Å². The fourth-order valence-corrected chi connectivity index (χ4v) is 3.29. The minimum absolute atomic E-state index is 0.0262. The van der Waals surface area contributed by atoms with Crippen LogP contribution in [-0.2, 0) is 9.59 Å². The number of carbonyl (C=O) groups excluding carboxylic acids is 2. The van der Waals surface area contributed by atoms with Crippen molar-refractivity contribution in [2.24, 2.45) is 10.8 Å². The topological polar surface area (TPSA) is 49.4 Å². The molecule has 1 N–H and O–H groups in total. The number of nitrogens with zero attached hydrogens (tertiary/aromatic N) is 1. The monoisotopic (exact) mass is 252 g/mol. The fourth-order valence-electron chi connectivity index (χ4n) is 3.29. The Morgan fingerprint density at radius 1 is 1.00 bits per heavy atom. The van der Waals surface area contributed by atoms with Gasteiger partial charge in [0.2, 0.25) is 11.8 Å². The highest BCUT2D eigenvalue weighted by Crippen LogP contribution is 2.66. The van der Waals surface area contributed by atoms with Crippen LogP contribution in [0.2, 0.25) is 0 Å².